The van der Waals surface area contributed by atoms with Crippen LogP contribution in [0.15, 0.2) is 40.6 Å². The van der Waals surface area contributed by atoms with Crippen LogP contribution in [0.2, 0.25) is 5.02 Å². The van der Waals surface area contributed by atoms with Gasteiger partial charge in [-0.15, -0.1) is 11.3 Å². The molecule has 0 radical (unpaired) electrons. The molecule has 1 aromatic heterocycles. The predicted octanol–water partition coefficient (Wildman–Crippen LogP) is 4.18. The van der Waals surface area contributed by atoms with E-state index in [4.69, 9.17) is 11.6 Å². The van der Waals surface area contributed by atoms with Crippen molar-refractivity contribution in [3.63, 3.8) is 0 Å². The number of thiophene rings is 1. The summed E-state index contributed by atoms with van der Waals surface area (Å²) in [7, 11) is 0. The Morgan fingerprint density at radius 2 is 1.96 bits per heavy atom. The molecule has 26 heavy (non-hydrogen) atoms. The van der Waals surface area contributed by atoms with Gasteiger partial charge in [-0.1, -0.05) is 23.7 Å². The molecule has 1 saturated heterocycles. The monoisotopic (exact) mass is 406 g/mol. The molecular weight excluding hydrogens is 392 g/mol. The van der Waals surface area contributed by atoms with E-state index in [0.29, 0.717) is 14.8 Å². The van der Waals surface area contributed by atoms with Crippen molar-refractivity contribution in [2.24, 2.45) is 0 Å². The lowest BCUT2D eigenvalue weighted by Gasteiger charge is -2.12. The highest BCUT2D eigenvalue weighted by molar-refractivity contribution is 8.18. The van der Waals surface area contributed by atoms with E-state index in [1.165, 1.54) is 11.3 Å². The van der Waals surface area contributed by atoms with Crippen molar-refractivity contribution in [3.8, 4) is 0 Å². The molecule has 1 fully saturated rings. The number of hydrogen-bond donors (Lipinski definition) is 1. The van der Waals surface area contributed by atoms with Crippen LogP contribution in [0, 0.1) is 6.92 Å². The molecule has 0 spiro atoms. The number of thioether (sulfide) groups is 1. The highest BCUT2D eigenvalue weighted by Crippen LogP contribution is 2.32. The molecule has 0 bridgehead atoms. The lowest BCUT2D eigenvalue weighted by molar-refractivity contribution is -0.122. The molecule has 134 valence electrons. The van der Waals surface area contributed by atoms with E-state index in [9.17, 15) is 14.4 Å². The molecule has 3 rings (SSSR count). The Bertz CT molecular complexity index is 890. The average molecular weight is 407 g/mol. The molecule has 1 aromatic carbocycles. The van der Waals surface area contributed by atoms with Gasteiger partial charge in [0.2, 0.25) is 0 Å². The van der Waals surface area contributed by atoms with Gasteiger partial charge in [0.1, 0.15) is 0 Å². The molecule has 0 saturated carbocycles. The summed E-state index contributed by atoms with van der Waals surface area (Å²) in [6.07, 6.45) is 1.66. The second kappa shape index (κ2) is 8.07. The summed E-state index contributed by atoms with van der Waals surface area (Å²) in [5, 5.41) is 4.86. The fourth-order valence-corrected chi connectivity index (χ4v) is 4.20. The van der Waals surface area contributed by atoms with Gasteiger partial charge in [0.15, 0.2) is 0 Å². The third-order valence-electron chi connectivity index (χ3n) is 3.73. The van der Waals surface area contributed by atoms with E-state index >= 15 is 0 Å². The molecule has 8 heteroatoms. The fourth-order valence-electron chi connectivity index (χ4n) is 2.37. The maximum absolute atomic E-state index is 12.4. The molecule has 0 unspecified atom stereocenters. The summed E-state index contributed by atoms with van der Waals surface area (Å²) in [6, 6.07) is 8.87. The van der Waals surface area contributed by atoms with Crippen molar-refractivity contribution in [2.45, 2.75) is 6.92 Å². The molecule has 2 heterocycles. The van der Waals surface area contributed by atoms with Crippen molar-refractivity contribution in [2.75, 3.05) is 13.1 Å². The number of aryl methyl sites for hydroxylation is 1. The molecule has 0 aliphatic carbocycles. The maximum atomic E-state index is 12.4. The number of hydrogen-bond acceptors (Lipinski definition) is 5. The summed E-state index contributed by atoms with van der Waals surface area (Å²) in [5.74, 6) is -0.544. The van der Waals surface area contributed by atoms with E-state index in [2.05, 4.69) is 5.32 Å². The van der Waals surface area contributed by atoms with Gasteiger partial charge in [0.05, 0.1) is 9.78 Å². The van der Waals surface area contributed by atoms with Crippen LogP contribution in [-0.4, -0.2) is 35.0 Å². The van der Waals surface area contributed by atoms with Crippen LogP contribution in [0.25, 0.3) is 6.08 Å². The highest BCUT2D eigenvalue weighted by atomic mass is 35.5. The molecule has 0 atom stereocenters. The SMILES string of the molecule is Cc1ccsc1C(=O)NCCN1C(=O)S/C(=C/c2ccc(Cl)cc2)C1=O. The number of amides is 3. The Balaban J connectivity index is 1.60. The summed E-state index contributed by atoms with van der Waals surface area (Å²) >= 11 is 8.10. The zero-order valence-electron chi connectivity index (χ0n) is 13.8. The second-order valence-electron chi connectivity index (χ2n) is 5.57. The van der Waals surface area contributed by atoms with Crippen molar-refractivity contribution in [1.82, 2.24) is 10.2 Å². The second-order valence-corrected chi connectivity index (χ2v) is 7.92. The topological polar surface area (TPSA) is 66.5 Å². The van der Waals surface area contributed by atoms with Gasteiger partial charge < -0.3 is 5.32 Å². The van der Waals surface area contributed by atoms with Gasteiger partial charge in [0.25, 0.3) is 17.1 Å². The molecule has 5 nitrogen and oxygen atoms in total. The van der Waals surface area contributed by atoms with Crippen molar-refractivity contribution >= 4 is 57.8 Å². The smallest absolute Gasteiger partial charge is 0.293 e. The Kier molecular flexibility index (Phi) is 5.80. The quantitative estimate of drug-likeness (QED) is 0.756. The third-order valence-corrected chi connectivity index (χ3v) is 5.91. The van der Waals surface area contributed by atoms with E-state index in [1.807, 2.05) is 18.4 Å². The standard InChI is InChI=1S/C18H15ClN2O3S2/c1-11-6-9-25-15(11)16(22)20-7-8-21-17(23)14(26-18(21)24)10-12-2-4-13(19)5-3-12/h2-6,9-10H,7-8H2,1H3,(H,20,22)/b14-10+. The molecule has 3 amide bonds. The molecule has 2 aromatic rings. The number of nitrogens with one attached hydrogen (secondary N) is 1. The predicted molar refractivity (Wildman–Crippen MR) is 106 cm³/mol. The van der Waals surface area contributed by atoms with Crippen molar-refractivity contribution in [3.05, 3.63) is 61.6 Å². The molecule has 1 aliphatic rings. The summed E-state index contributed by atoms with van der Waals surface area (Å²) < 4.78 is 0. The maximum Gasteiger partial charge on any atom is 0.293 e. The first kappa shape index (κ1) is 18.7. The Labute approximate surface area is 164 Å². The number of rotatable bonds is 5. The van der Waals surface area contributed by atoms with Gasteiger partial charge in [0, 0.05) is 18.1 Å². The van der Waals surface area contributed by atoms with E-state index in [-0.39, 0.29) is 30.1 Å². The zero-order chi connectivity index (χ0) is 18.7. The lowest BCUT2D eigenvalue weighted by Crippen LogP contribution is -2.37. The van der Waals surface area contributed by atoms with Crippen molar-refractivity contribution in [1.29, 1.82) is 0 Å². The fraction of sp³-hybridized carbons (Fsp3) is 0.167. The van der Waals surface area contributed by atoms with Crippen molar-refractivity contribution < 1.29 is 14.4 Å². The minimum absolute atomic E-state index is 0.138. The third kappa shape index (κ3) is 4.17. The van der Waals surface area contributed by atoms with Gasteiger partial charge >= 0.3 is 0 Å². The summed E-state index contributed by atoms with van der Waals surface area (Å²) in [5.41, 5.74) is 1.70. The van der Waals surface area contributed by atoms with E-state index < -0.39 is 0 Å². The molecular formula is C18H15ClN2O3S2. The van der Waals surface area contributed by atoms with Gasteiger partial charge in [-0.3, -0.25) is 19.3 Å². The minimum atomic E-state index is -0.350. The first-order valence-corrected chi connectivity index (χ1v) is 9.86. The number of halogens is 1. The zero-order valence-corrected chi connectivity index (χ0v) is 16.2. The summed E-state index contributed by atoms with van der Waals surface area (Å²) in [4.78, 5) is 38.7. The van der Waals surface area contributed by atoms with Gasteiger partial charge in [-0.25, -0.2) is 0 Å². The van der Waals surface area contributed by atoms with Crippen LogP contribution >= 0.6 is 34.7 Å². The number of benzene rings is 1. The van der Waals surface area contributed by atoms with Gasteiger partial charge in [-0.05, 0) is 59.5 Å². The minimum Gasteiger partial charge on any atom is -0.350 e. The number of nitrogens with zero attached hydrogens (tertiary/aromatic N) is 1. The number of imide groups is 1. The van der Waals surface area contributed by atoms with Crippen LogP contribution in [0.1, 0.15) is 20.8 Å². The summed E-state index contributed by atoms with van der Waals surface area (Å²) in [6.45, 7) is 2.21. The normalized spacial score (nSPS) is 15.8. The largest absolute Gasteiger partial charge is 0.350 e. The Hall–Kier alpha value is -2.09. The highest BCUT2D eigenvalue weighted by Gasteiger charge is 2.34. The lowest BCUT2D eigenvalue weighted by atomic mass is 10.2. The number of carbonyl (C=O) groups excluding carboxylic acids is 3. The molecule has 1 N–H and O–H groups in total. The first-order valence-electron chi connectivity index (χ1n) is 7.79. The van der Waals surface area contributed by atoms with Crippen LogP contribution < -0.4 is 5.32 Å². The molecule has 1 aliphatic heterocycles. The van der Waals surface area contributed by atoms with Crippen LogP contribution in [0.5, 0.6) is 0 Å². The van der Waals surface area contributed by atoms with E-state index in [0.717, 1.165) is 27.8 Å². The van der Waals surface area contributed by atoms with Crippen LogP contribution in [0.4, 0.5) is 4.79 Å². The Morgan fingerprint density at radius 1 is 1.23 bits per heavy atom. The van der Waals surface area contributed by atoms with Crippen LogP contribution in [-0.2, 0) is 4.79 Å². The number of carbonyl (C=O) groups is 3. The van der Waals surface area contributed by atoms with Crippen LogP contribution in [0.3, 0.4) is 0 Å². The average Bonchev–Trinajstić information content (AvgIpc) is 3.15. The van der Waals surface area contributed by atoms with Gasteiger partial charge in [-0.2, -0.15) is 0 Å². The first-order chi connectivity index (χ1) is 12.5. The Morgan fingerprint density at radius 3 is 2.62 bits per heavy atom. The van der Waals surface area contributed by atoms with E-state index in [1.54, 1.807) is 30.3 Å².